The van der Waals surface area contributed by atoms with Crippen molar-refractivity contribution >= 4 is 27.4 Å². The maximum absolute atomic E-state index is 5.99. The largest absolute Gasteiger partial charge is 0.376 e. The molecule has 0 bridgehead atoms. The molecule has 1 aromatic carbocycles. The summed E-state index contributed by atoms with van der Waals surface area (Å²) in [4.78, 5) is 11.3. The number of aromatic nitrogens is 2. The van der Waals surface area contributed by atoms with Gasteiger partial charge in [0.1, 0.15) is 17.0 Å². The van der Waals surface area contributed by atoms with Gasteiger partial charge in [-0.2, -0.15) is 0 Å². The van der Waals surface area contributed by atoms with Crippen LogP contribution in [0, 0.1) is 13.8 Å². The van der Waals surface area contributed by atoms with E-state index in [0.29, 0.717) is 0 Å². The topological polar surface area (TPSA) is 47.0 Å². The number of thiophene rings is 1. The fraction of sp³-hybridized carbons (Fsp3) is 0.368. The SMILES string of the molecule is Cc1sc2ncnc(N[C@H](c3ccccc3)[C@H]3CCCO3)c2c1C. The van der Waals surface area contributed by atoms with Crippen molar-refractivity contribution in [3.05, 3.63) is 52.7 Å². The van der Waals surface area contributed by atoms with Crippen LogP contribution in [0.25, 0.3) is 10.2 Å². The van der Waals surface area contributed by atoms with Gasteiger partial charge in [0.2, 0.25) is 0 Å². The van der Waals surface area contributed by atoms with Crippen LogP contribution in [0.2, 0.25) is 0 Å². The molecule has 24 heavy (non-hydrogen) atoms. The standard InChI is InChI=1S/C19H21N3OS/c1-12-13(2)24-19-16(12)18(20-11-21-19)22-17(15-9-6-10-23-15)14-7-4-3-5-8-14/h3-5,7-8,11,15,17H,6,9-10H2,1-2H3,(H,20,21,22)/t15-,17-/m1/s1. The molecule has 2 atom stereocenters. The Kier molecular flexibility index (Phi) is 4.21. The number of hydrogen-bond acceptors (Lipinski definition) is 5. The summed E-state index contributed by atoms with van der Waals surface area (Å²) in [5, 5.41) is 4.80. The number of aryl methyl sites for hydroxylation is 2. The van der Waals surface area contributed by atoms with Crippen molar-refractivity contribution in [3.63, 3.8) is 0 Å². The van der Waals surface area contributed by atoms with Crippen molar-refractivity contribution < 1.29 is 4.74 Å². The van der Waals surface area contributed by atoms with Crippen LogP contribution in [0.5, 0.6) is 0 Å². The first-order valence-electron chi connectivity index (χ1n) is 8.38. The Hall–Kier alpha value is -1.98. The van der Waals surface area contributed by atoms with Gasteiger partial charge < -0.3 is 10.1 Å². The summed E-state index contributed by atoms with van der Waals surface area (Å²) in [6.45, 7) is 5.12. The summed E-state index contributed by atoms with van der Waals surface area (Å²) >= 11 is 1.73. The third-order valence-electron chi connectivity index (χ3n) is 4.75. The Morgan fingerprint density at radius 3 is 2.79 bits per heavy atom. The third-order valence-corrected chi connectivity index (χ3v) is 5.87. The van der Waals surface area contributed by atoms with Gasteiger partial charge in [-0.25, -0.2) is 9.97 Å². The lowest BCUT2D eigenvalue weighted by Gasteiger charge is -2.25. The molecule has 4 nitrogen and oxygen atoms in total. The van der Waals surface area contributed by atoms with Crippen LogP contribution in [0.4, 0.5) is 5.82 Å². The van der Waals surface area contributed by atoms with E-state index in [9.17, 15) is 0 Å². The summed E-state index contributed by atoms with van der Waals surface area (Å²) in [6.07, 6.45) is 4.02. The van der Waals surface area contributed by atoms with Crippen LogP contribution < -0.4 is 5.32 Å². The highest BCUT2D eigenvalue weighted by molar-refractivity contribution is 7.18. The highest BCUT2D eigenvalue weighted by Crippen LogP contribution is 2.36. The van der Waals surface area contributed by atoms with Gasteiger partial charge in [-0.05, 0) is 37.8 Å². The number of fused-ring (bicyclic) bond motifs is 1. The van der Waals surface area contributed by atoms with Crippen molar-refractivity contribution in [3.8, 4) is 0 Å². The zero-order valence-electron chi connectivity index (χ0n) is 14.0. The molecule has 1 aliphatic rings. The van der Waals surface area contributed by atoms with E-state index in [1.807, 2.05) is 6.07 Å². The van der Waals surface area contributed by atoms with E-state index >= 15 is 0 Å². The molecule has 3 aromatic rings. The monoisotopic (exact) mass is 339 g/mol. The minimum Gasteiger partial charge on any atom is -0.376 e. The average molecular weight is 339 g/mol. The van der Waals surface area contributed by atoms with Gasteiger partial charge >= 0.3 is 0 Å². The maximum atomic E-state index is 5.99. The number of nitrogens with zero attached hydrogens (tertiary/aromatic N) is 2. The lowest BCUT2D eigenvalue weighted by molar-refractivity contribution is 0.0953. The van der Waals surface area contributed by atoms with Crippen LogP contribution in [-0.2, 0) is 4.74 Å². The summed E-state index contributed by atoms with van der Waals surface area (Å²) in [5.74, 6) is 0.909. The second-order valence-corrected chi connectivity index (χ2v) is 7.47. The zero-order valence-corrected chi connectivity index (χ0v) is 14.8. The molecule has 124 valence electrons. The smallest absolute Gasteiger partial charge is 0.139 e. The molecular weight excluding hydrogens is 318 g/mol. The minimum atomic E-state index is 0.103. The van der Waals surface area contributed by atoms with Crippen molar-refractivity contribution in [2.45, 2.75) is 38.8 Å². The van der Waals surface area contributed by atoms with E-state index in [1.165, 1.54) is 16.0 Å². The molecule has 3 heterocycles. The Labute approximate surface area is 145 Å². The van der Waals surface area contributed by atoms with Gasteiger partial charge in [-0.15, -0.1) is 11.3 Å². The van der Waals surface area contributed by atoms with Gasteiger partial charge in [0, 0.05) is 11.5 Å². The molecule has 2 aromatic heterocycles. The lowest BCUT2D eigenvalue weighted by atomic mass is 9.99. The molecule has 0 amide bonds. The molecule has 5 heteroatoms. The summed E-state index contributed by atoms with van der Waals surface area (Å²) < 4.78 is 5.99. The summed E-state index contributed by atoms with van der Waals surface area (Å²) in [5.41, 5.74) is 2.50. The van der Waals surface area contributed by atoms with Crippen LogP contribution in [-0.4, -0.2) is 22.7 Å². The average Bonchev–Trinajstić information content (AvgIpc) is 3.23. The van der Waals surface area contributed by atoms with E-state index in [-0.39, 0.29) is 12.1 Å². The molecule has 0 aliphatic carbocycles. The number of hydrogen-bond donors (Lipinski definition) is 1. The molecule has 0 saturated carbocycles. The molecule has 0 radical (unpaired) electrons. The molecule has 1 fully saturated rings. The van der Waals surface area contributed by atoms with Crippen molar-refractivity contribution in [1.29, 1.82) is 0 Å². The number of benzene rings is 1. The number of nitrogens with one attached hydrogen (secondary N) is 1. The lowest BCUT2D eigenvalue weighted by Crippen LogP contribution is -2.25. The molecule has 0 unspecified atom stereocenters. The first-order valence-corrected chi connectivity index (χ1v) is 9.19. The van der Waals surface area contributed by atoms with Crippen LogP contribution in [0.15, 0.2) is 36.7 Å². The zero-order chi connectivity index (χ0) is 16.5. The van der Waals surface area contributed by atoms with Crippen LogP contribution in [0.3, 0.4) is 0 Å². The molecular formula is C19H21N3OS. The first-order chi connectivity index (χ1) is 11.7. The number of ether oxygens (including phenoxy) is 1. The van der Waals surface area contributed by atoms with E-state index in [2.05, 4.69) is 53.4 Å². The van der Waals surface area contributed by atoms with Crippen molar-refractivity contribution in [2.24, 2.45) is 0 Å². The Bertz CT molecular complexity index is 840. The van der Waals surface area contributed by atoms with Gasteiger partial charge in [-0.3, -0.25) is 0 Å². The van der Waals surface area contributed by atoms with E-state index in [4.69, 9.17) is 4.74 Å². The summed E-state index contributed by atoms with van der Waals surface area (Å²) in [7, 11) is 0. The van der Waals surface area contributed by atoms with E-state index in [0.717, 1.165) is 35.5 Å². The molecule has 1 saturated heterocycles. The van der Waals surface area contributed by atoms with Gasteiger partial charge in [0.15, 0.2) is 0 Å². The quantitative estimate of drug-likeness (QED) is 0.752. The van der Waals surface area contributed by atoms with Crippen LogP contribution >= 0.6 is 11.3 Å². The first kappa shape index (κ1) is 15.5. The van der Waals surface area contributed by atoms with Gasteiger partial charge in [0.05, 0.1) is 17.5 Å². The Balaban J connectivity index is 1.75. The summed E-state index contributed by atoms with van der Waals surface area (Å²) in [6, 6.07) is 10.6. The molecule has 0 spiro atoms. The van der Waals surface area contributed by atoms with Gasteiger partial charge in [0.25, 0.3) is 0 Å². The minimum absolute atomic E-state index is 0.103. The van der Waals surface area contributed by atoms with E-state index in [1.54, 1.807) is 17.7 Å². The highest BCUT2D eigenvalue weighted by atomic mass is 32.1. The number of anilines is 1. The second-order valence-electron chi connectivity index (χ2n) is 6.27. The predicted octanol–water partition coefficient (Wildman–Crippen LogP) is 4.64. The van der Waals surface area contributed by atoms with Crippen molar-refractivity contribution in [2.75, 3.05) is 11.9 Å². The highest BCUT2D eigenvalue weighted by Gasteiger charge is 2.28. The van der Waals surface area contributed by atoms with Crippen molar-refractivity contribution in [1.82, 2.24) is 9.97 Å². The van der Waals surface area contributed by atoms with Gasteiger partial charge in [-0.1, -0.05) is 30.3 Å². The fourth-order valence-electron chi connectivity index (χ4n) is 3.36. The molecule has 1 aliphatic heterocycles. The molecule has 1 N–H and O–H groups in total. The third kappa shape index (κ3) is 2.78. The van der Waals surface area contributed by atoms with Crippen LogP contribution in [0.1, 0.15) is 34.9 Å². The fourth-order valence-corrected chi connectivity index (χ4v) is 4.35. The van der Waals surface area contributed by atoms with E-state index < -0.39 is 0 Å². The normalized spacial score (nSPS) is 18.8. The number of rotatable bonds is 4. The molecule has 4 rings (SSSR count). The predicted molar refractivity (Wildman–Crippen MR) is 98.7 cm³/mol. The Morgan fingerprint density at radius 1 is 1.21 bits per heavy atom. The second kappa shape index (κ2) is 6.49. The Morgan fingerprint density at radius 2 is 2.04 bits per heavy atom. The maximum Gasteiger partial charge on any atom is 0.139 e.